The summed E-state index contributed by atoms with van der Waals surface area (Å²) < 4.78 is 5.34. The molecule has 1 atom stereocenters. The number of rotatable bonds is 3. The first-order chi connectivity index (χ1) is 8.77. The summed E-state index contributed by atoms with van der Waals surface area (Å²) in [5, 5.41) is 0. The third kappa shape index (κ3) is 4.82. The largest absolute Gasteiger partial charge is 0.380 e. The van der Waals surface area contributed by atoms with Crippen LogP contribution in [-0.4, -0.2) is 43.2 Å². The summed E-state index contributed by atoms with van der Waals surface area (Å²) in [4.78, 5) is 14.0. The Kier molecular flexibility index (Phi) is 6.84. The molecule has 1 aliphatic heterocycles. The monoisotopic (exact) mass is 284 g/mol. The molecule has 4 nitrogen and oxygen atoms in total. The number of nitrogens with two attached hydrogens (primary N) is 1. The highest BCUT2D eigenvalue weighted by molar-refractivity contribution is 5.85. The second kappa shape index (κ2) is 8.15. The van der Waals surface area contributed by atoms with Crippen molar-refractivity contribution < 1.29 is 9.53 Å². The minimum Gasteiger partial charge on any atom is -0.380 e. The molecule has 1 heterocycles. The Balaban J connectivity index is 0.00000180. The van der Waals surface area contributed by atoms with Crippen molar-refractivity contribution in [3.63, 3.8) is 0 Å². The summed E-state index contributed by atoms with van der Waals surface area (Å²) in [5.41, 5.74) is 7.10. The van der Waals surface area contributed by atoms with Crippen LogP contribution in [0.4, 0.5) is 0 Å². The number of nitrogens with zero attached hydrogens (tertiary/aromatic N) is 1. The fourth-order valence-corrected chi connectivity index (χ4v) is 2.16. The summed E-state index contributed by atoms with van der Waals surface area (Å²) in [5.74, 6) is 0.0318. The van der Waals surface area contributed by atoms with Gasteiger partial charge in [0.25, 0.3) is 0 Å². The van der Waals surface area contributed by atoms with Gasteiger partial charge in [-0.25, -0.2) is 0 Å². The molecule has 0 aliphatic carbocycles. The smallest absolute Gasteiger partial charge is 0.239 e. The number of carbonyl (C=O) groups excluding carboxylic acids is 1. The minimum atomic E-state index is -0.453. The van der Waals surface area contributed by atoms with Crippen LogP contribution in [0.15, 0.2) is 30.3 Å². The number of carbonyl (C=O) groups is 1. The van der Waals surface area contributed by atoms with Gasteiger partial charge in [0.15, 0.2) is 0 Å². The number of benzene rings is 1. The summed E-state index contributed by atoms with van der Waals surface area (Å²) in [7, 11) is 0. The third-order valence-corrected chi connectivity index (χ3v) is 3.15. The van der Waals surface area contributed by atoms with Gasteiger partial charge >= 0.3 is 0 Å². The van der Waals surface area contributed by atoms with Crippen molar-refractivity contribution in [1.82, 2.24) is 4.90 Å². The maximum atomic E-state index is 12.2. The van der Waals surface area contributed by atoms with Crippen LogP contribution >= 0.6 is 12.4 Å². The molecule has 106 valence electrons. The maximum Gasteiger partial charge on any atom is 0.239 e. The standard InChI is InChI=1S/C14H20N2O2.ClH/c15-13(11-12-5-2-1-3-6-12)14(17)16-7-4-9-18-10-8-16;/h1-3,5-6,13H,4,7-11,15H2;1H. The molecule has 0 aromatic heterocycles. The Bertz CT molecular complexity index is 378. The fraction of sp³-hybridized carbons (Fsp3) is 0.500. The highest BCUT2D eigenvalue weighted by atomic mass is 35.5. The van der Waals surface area contributed by atoms with Gasteiger partial charge in [0.1, 0.15) is 0 Å². The zero-order chi connectivity index (χ0) is 12.8. The number of ether oxygens (including phenoxy) is 1. The third-order valence-electron chi connectivity index (χ3n) is 3.15. The molecule has 1 aromatic carbocycles. The van der Waals surface area contributed by atoms with Crippen molar-refractivity contribution in [2.75, 3.05) is 26.3 Å². The van der Waals surface area contributed by atoms with Gasteiger partial charge in [-0.1, -0.05) is 30.3 Å². The van der Waals surface area contributed by atoms with Crippen LogP contribution < -0.4 is 5.73 Å². The summed E-state index contributed by atoms with van der Waals surface area (Å²) in [6.45, 7) is 2.75. The van der Waals surface area contributed by atoms with Crippen molar-refractivity contribution in [3.05, 3.63) is 35.9 Å². The molecule has 0 radical (unpaired) electrons. The molecule has 19 heavy (non-hydrogen) atoms. The van der Waals surface area contributed by atoms with Crippen LogP contribution in [0.1, 0.15) is 12.0 Å². The van der Waals surface area contributed by atoms with Gasteiger partial charge < -0.3 is 15.4 Å². The minimum absolute atomic E-state index is 0. The topological polar surface area (TPSA) is 55.6 Å². The predicted octanol–water partition coefficient (Wildman–Crippen LogP) is 1.23. The van der Waals surface area contributed by atoms with E-state index < -0.39 is 6.04 Å². The van der Waals surface area contributed by atoms with Gasteiger partial charge in [-0.15, -0.1) is 12.4 Å². The lowest BCUT2D eigenvalue weighted by atomic mass is 10.1. The molecular formula is C14H21ClN2O2. The number of hydrogen-bond donors (Lipinski definition) is 1. The average Bonchev–Trinajstić information content (AvgIpc) is 2.68. The first kappa shape index (κ1) is 16.0. The Labute approximate surface area is 120 Å². The second-order valence-electron chi connectivity index (χ2n) is 4.59. The van der Waals surface area contributed by atoms with Gasteiger partial charge in [0, 0.05) is 19.7 Å². The van der Waals surface area contributed by atoms with Gasteiger partial charge in [0.2, 0.25) is 5.91 Å². The van der Waals surface area contributed by atoms with Crippen molar-refractivity contribution in [2.24, 2.45) is 5.73 Å². The van der Waals surface area contributed by atoms with Crippen LogP contribution in [-0.2, 0) is 16.0 Å². The number of halogens is 1. The van der Waals surface area contributed by atoms with Crippen LogP contribution in [0.2, 0.25) is 0 Å². The molecule has 5 heteroatoms. The highest BCUT2D eigenvalue weighted by Gasteiger charge is 2.21. The molecule has 1 unspecified atom stereocenters. The quantitative estimate of drug-likeness (QED) is 0.908. The Morgan fingerprint density at radius 3 is 2.74 bits per heavy atom. The van der Waals surface area contributed by atoms with Gasteiger partial charge in [-0.2, -0.15) is 0 Å². The molecule has 0 saturated carbocycles. The Morgan fingerprint density at radius 2 is 2.00 bits per heavy atom. The van der Waals surface area contributed by atoms with E-state index in [4.69, 9.17) is 10.5 Å². The van der Waals surface area contributed by atoms with E-state index >= 15 is 0 Å². The number of amides is 1. The average molecular weight is 285 g/mol. The summed E-state index contributed by atoms with van der Waals surface area (Å²) in [6.07, 6.45) is 1.49. The molecule has 2 N–H and O–H groups in total. The predicted molar refractivity (Wildman–Crippen MR) is 77.4 cm³/mol. The van der Waals surface area contributed by atoms with E-state index in [1.165, 1.54) is 0 Å². The first-order valence-corrected chi connectivity index (χ1v) is 6.43. The molecule has 0 spiro atoms. The SMILES string of the molecule is Cl.NC(Cc1ccccc1)C(=O)N1CCCOCC1. The lowest BCUT2D eigenvalue weighted by molar-refractivity contribution is -0.132. The summed E-state index contributed by atoms with van der Waals surface area (Å²) in [6, 6.07) is 9.43. The van der Waals surface area contributed by atoms with Crippen LogP contribution in [0.25, 0.3) is 0 Å². The van der Waals surface area contributed by atoms with E-state index in [1.807, 2.05) is 35.2 Å². The first-order valence-electron chi connectivity index (χ1n) is 6.43. The lowest BCUT2D eigenvalue weighted by Crippen LogP contribution is -2.45. The van der Waals surface area contributed by atoms with E-state index in [1.54, 1.807) is 0 Å². The van der Waals surface area contributed by atoms with E-state index in [-0.39, 0.29) is 18.3 Å². The van der Waals surface area contributed by atoms with E-state index in [9.17, 15) is 4.79 Å². The van der Waals surface area contributed by atoms with Crippen LogP contribution in [0.3, 0.4) is 0 Å². The normalized spacial score (nSPS) is 17.2. The van der Waals surface area contributed by atoms with Crippen LogP contribution in [0, 0.1) is 0 Å². The molecular weight excluding hydrogens is 264 g/mol. The molecule has 0 bridgehead atoms. The summed E-state index contributed by atoms with van der Waals surface area (Å²) >= 11 is 0. The molecule has 1 saturated heterocycles. The van der Waals surface area contributed by atoms with Crippen LogP contribution in [0.5, 0.6) is 0 Å². The Morgan fingerprint density at radius 1 is 1.26 bits per heavy atom. The molecule has 2 rings (SSSR count). The lowest BCUT2D eigenvalue weighted by Gasteiger charge is -2.23. The zero-order valence-electron chi connectivity index (χ0n) is 11.0. The Hall–Kier alpha value is -1.10. The van der Waals surface area contributed by atoms with Gasteiger partial charge in [0.05, 0.1) is 12.6 Å². The molecule has 1 aromatic rings. The number of hydrogen-bond acceptors (Lipinski definition) is 3. The van der Waals surface area contributed by atoms with Crippen molar-refractivity contribution in [1.29, 1.82) is 0 Å². The zero-order valence-corrected chi connectivity index (χ0v) is 11.8. The van der Waals surface area contributed by atoms with Crippen molar-refractivity contribution in [3.8, 4) is 0 Å². The molecule has 1 aliphatic rings. The van der Waals surface area contributed by atoms with E-state index in [2.05, 4.69) is 0 Å². The maximum absolute atomic E-state index is 12.2. The fourth-order valence-electron chi connectivity index (χ4n) is 2.16. The molecule has 1 amide bonds. The van der Waals surface area contributed by atoms with Gasteiger partial charge in [-0.05, 0) is 18.4 Å². The van der Waals surface area contributed by atoms with Gasteiger partial charge in [-0.3, -0.25) is 4.79 Å². The molecule has 1 fully saturated rings. The van der Waals surface area contributed by atoms with E-state index in [0.29, 0.717) is 19.6 Å². The van der Waals surface area contributed by atoms with E-state index in [0.717, 1.165) is 25.1 Å². The second-order valence-corrected chi connectivity index (χ2v) is 4.59. The van der Waals surface area contributed by atoms with Crippen molar-refractivity contribution in [2.45, 2.75) is 18.9 Å². The van der Waals surface area contributed by atoms with Crippen molar-refractivity contribution >= 4 is 18.3 Å². The highest BCUT2D eigenvalue weighted by Crippen LogP contribution is 2.06.